The average molecular weight is 318 g/mol. The van der Waals surface area contributed by atoms with Gasteiger partial charge in [0.15, 0.2) is 0 Å². The number of fused-ring (bicyclic) bond motifs is 1. The topological polar surface area (TPSA) is 74.9 Å². The predicted octanol–water partition coefficient (Wildman–Crippen LogP) is 2.44. The monoisotopic (exact) mass is 317 g/mol. The number of nitrogens with zero attached hydrogens (tertiary/aromatic N) is 2. The molecule has 2 rings (SSSR count). The maximum atomic E-state index is 12.2. The van der Waals surface area contributed by atoms with Gasteiger partial charge in [0.2, 0.25) is 11.3 Å². The summed E-state index contributed by atoms with van der Waals surface area (Å²) in [7, 11) is 0. The molecule has 1 aromatic heterocycles. The molecule has 22 heavy (non-hydrogen) atoms. The number of pyridine rings is 1. The van der Waals surface area contributed by atoms with Crippen molar-refractivity contribution in [3.63, 3.8) is 0 Å². The molecule has 0 unspecified atom stereocenters. The van der Waals surface area contributed by atoms with Crippen molar-refractivity contribution in [2.24, 2.45) is 0 Å². The number of hydrogen-bond acceptors (Lipinski definition) is 3. The highest BCUT2D eigenvalue weighted by Gasteiger charge is 2.16. The molecule has 1 N–H and O–H groups in total. The molecule has 2 aromatic rings. The molecule has 1 aromatic carbocycles. The van der Waals surface area contributed by atoms with E-state index in [-0.39, 0.29) is 29.0 Å². The average Bonchev–Trinajstić information content (AvgIpc) is 2.39. The number of benzene rings is 1. The molecule has 1 heterocycles. The van der Waals surface area contributed by atoms with Crippen LogP contribution in [0.1, 0.15) is 26.3 Å². The Morgan fingerprint density at radius 2 is 2.09 bits per heavy atom. The van der Waals surface area contributed by atoms with Gasteiger partial charge in [0.05, 0.1) is 5.52 Å². The maximum Gasteiger partial charge on any atom is 0.240 e. The Hall–Kier alpha value is -2.32. The molecule has 0 aliphatic carbocycles. The summed E-state index contributed by atoms with van der Waals surface area (Å²) in [4.78, 5) is 24.3. The molecule has 0 fully saturated rings. The van der Waals surface area contributed by atoms with Crippen LogP contribution in [0.4, 0.5) is 0 Å². The van der Waals surface area contributed by atoms with Crippen LogP contribution in [0.5, 0.6) is 0 Å². The quantitative estimate of drug-likeness (QED) is 0.924. The van der Waals surface area contributed by atoms with Gasteiger partial charge >= 0.3 is 0 Å². The van der Waals surface area contributed by atoms with E-state index in [9.17, 15) is 9.59 Å². The van der Waals surface area contributed by atoms with Crippen molar-refractivity contribution in [1.29, 1.82) is 5.26 Å². The van der Waals surface area contributed by atoms with Gasteiger partial charge in [-0.3, -0.25) is 9.59 Å². The number of aromatic nitrogens is 1. The molecular formula is C16H16ClN3O2. The van der Waals surface area contributed by atoms with Crippen LogP contribution in [-0.4, -0.2) is 16.0 Å². The fourth-order valence-corrected chi connectivity index (χ4v) is 2.36. The number of nitrogens with one attached hydrogen (secondary N) is 1. The molecule has 0 atom stereocenters. The van der Waals surface area contributed by atoms with Crippen molar-refractivity contribution < 1.29 is 4.79 Å². The third-order valence-corrected chi connectivity index (χ3v) is 3.23. The van der Waals surface area contributed by atoms with Crippen molar-refractivity contribution in [2.45, 2.75) is 32.9 Å². The molecule has 0 aliphatic rings. The minimum absolute atomic E-state index is 0.0154. The fraction of sp³-hybridized carbons (Fsp3) is 0.312. The summed E-state index contributed by atoms with van der Waals surface area (Å²) in [5.41, 5.74) is -0.184. The summed E-state index contributed by atoms with van der Waals surface area (Å²) < 4.78 is 1.59. The maximum absolute atomic E-state index is 12.2. The SMILES string of the molecule is CC(C)(C)NC(=O)Cn1cc(C#N)c(=O)c2cc(Cl)ccc21. The molecule has 0 saturated carbocycles. The molecule has 0 aliphatic heterocycles. The van der Waals surface area contributed by atoms with E-state index in [0.29, 0.717) is 15.9 Å². The summed E-state index contributed by atoms with van der Waals surface area (Å²) in [5, 5.41) is 12.7. The third kappa shape index (κ3) is 3.46. The van der Waals surface area contributed by atoms with Gasteiger partial charge in [0, 0.05) is 22.1 Å². The van der Waals surface area contributed by atoms with Gasteiger partial charge in [-0.25, -0.2) is 0 Å². The van der Waals surface area contributed by atoms with Gasteiger partial charge in [0.25, 0.3) is 0 Å². The van der Waals surface area contributed by atoms with E-state index >= 15 is 0 Å². The Morgan fingerprint density at radius 3 is 2.68 bits per heavy atom. The second kappa shape index (κ2) is 5.82. The molecule has 6 heteroatoms. The van der Waals surface area contributed by atoms with E-state index in [4.69, 9.17) is 16.9 Å². The van der Waals surface area contributed by atoms with Gasteiger partial charge < -0.3 is 9.88 Å². The Balaban J connectivity index is 2.55. The normalized spacial score (nSPS) is 11.2. The molecular weight excluding hydrogens is 302 g/mol. The van der Waals surface area contributed by atoms with Crippen LogP contribution in [0.25, 0.3) is 10.9 Å². The molecule has 1 amide bonds. The van der Waals surface area contributed by atoms with E-state index in [2.05, 4.69) is 5.32 Å². The Morgan fingerprint density at radius 1 is 1.41 bits per heavy atom. The van der Waals surface area contributed by atoms with Crippen LogP contribution in [0.2, 0.25) is 5.02 Å². The lowest BCUT2D eigenvalue weighted by Gasteiger charge is -2.21. The standard InChI is InChI=1S/C16H16ClN3O2/c1-16(2,3)19-14(21)9-20-8-10(7-18)15(22)12-6-11(17)4-5-13(12)20/h4-6,8H,9H2,1-3H3,(H,19,21). The van der Waals surface area contributed by atoms with Gasteiger partial charge in [-0.05, 0) is 39.0 Å². The molecule has 0 saturated heterocycles. The first-order valence-corrected chi connectivity index (χ1v) is 7.13. The number of amides is 1. The first-order valence-electron chi connectivity index (χ1n) is 6.75. The largest absolute Gasteiger partial charge is 0.350 e. The lowest BCUT2D eigenvalue weighted by Crippen LogP contribution is -2.42. The number of hydrogen-bond donors (Lipinski definition) is 1. The van der Waals surface area contributed by atoms with E-state index < -0.39 is 0 Å². The number of rotatable bonds is 2. The zero-order valence-electron chi connectivity index (χ0n) is 12.6. The Labute approximate surface area is 133 Å². The molecule has 114 valence electrons. The van der Waals surface area contributed by atoms with Crippen LogP contribution in [-0.2, 0) is 11.3 Å². The van der Waals surface area contributed by atoms with E-state index in [1.165, 1.54) is 12.3 Å². The number of nitriles is 1. The van der Waals surface area contributed by atoms with E-state index in [0.717, 1.165) is 0 Å². The van der Waals surface area contributed by atoms with E-state index in [1.54, 1.807) is 16.7 Å². The van der Waals surface area contributed by atoms with Crippen molar-refractivity contribution in [3.05, 3.63) is 45.2 Å². The third-order valence-electron chi connectivity index (χ3n) is 2.99. The first-order chi connectivity index (χ1) is 10.2. The Bertz CT molecular complexity index is 841. The van der Waals surface area contributed by atoms with Gasteiger partial charge in [-0.15, -0.1) is 0 Å². The fourth-order valence-electron chi connectivity index (χ4n) is 2.19. The number of carbonyl (C=O) groups is 1. The molecule has 0 bridgehead atoms. The van der Waals surface area contributed by atoms with Crippen molar-refractivity contribution in [1.82, 2.24) is 9.88 Å². The van der Waals surface area contributed by atoms with Crippen LogP contribution >= 0.6 is 11.6 Å². The summed E-state index contributed by atoms with van der Waals surface area (Å²) in [6.45, 7) is 5.67. The highest BCUT2D eigenvalue weighted by atomic mass is 35.5. The zero-order chi connectivity index (χ0) is 16.5. The number of carbonyl (C=O) groups excluding carboxylic acids is 1. The van der Waals surface area contributed by atoms with Crippen molar-refractivity contribution in [2.75, 3.05) is 0 Å². The first kappa shape index (κ1) is 16.1. The van der Waals surface area contributed by atoms with Crippen LogP contribution < -0.4 is 10.7 Å². The lowest BCUT2D eigenvalue weighted by molar-refractivity contribution is -0.123. The lowest BCUT2D eigenvalue weighted by atomic mass is 10.1. The second-order valence-electron chi connectivity index (χ2n) is 6.07. The number of halogens is 1. The Kier molecular flexibility index (Phi) is 4.25. The second-order valence-corrected chi connectivity index (χ2v) is 6.51. The highest BCUT2D eigenvalue weighted by Crippen LogP contribution is 2.17. The van der Waals surface area contributed by atoms with Gasteiger partial charge in [-0.2, -0.15) is 5.26 Å². The van der Waals surface area contributed by atoms with Crippen LogP contribution in [0.3, 0.4) is 0 Å². The minimum atomic E-state index is -0.382. The van der Waals surface area contributed by atoms with Crippen molar-refractivity contribution in [3.8, 4) is 6.07 Å². The van der Waals surface area contributed by atoms with Crippen LogP contribution in [0, 0.1) is 11.3 Å². The molecule has 5 nitrogen and oxygen atoms in total. The zero-order valence-corrected chi connectivity index (χ0v) is 13.4. The van der Waals surface area contributed by atoms with Crippen LogP contribution in [0.15, 0.2) is 29.2 Å². The minimum Gasteiger partial charge on any atom is -0.350 e. The summed E-state index contributed by atoms with van der Waals surface area (Å²) in [5.74, 6) is -0.198. The van der Waals surface area contributed by atoms with E-state index in [1.807, 2.05) is 26.8 Å². The summed E-state index contributed by atoms with van der Waals surface area (Å²) in [6, 6.07) is 6.69. The highest BCUT2D eigenvalue weighted by molar-refractivity contribution is 6.31. The van der Waals surface area contributed by atoms with Gasteiger partial charge in [0.1, 0.15) is 18.2 Å². The summed E-state index contributed by atoms with van der Waals surface area (Å²) in [6.07, 6.45) is 1.40. The molecule has 0 spiro atoms. The predicted molar refractivity (Wildman–Crippen MR) is 85.8 cm³/mol. The molecule has 0 radical (unpaired) electrons. The van der Waals surface area contributed by atoms with Gasteiger partial charge in [-0.1, -0.05) is 11.6 Å². The van der Waals surface area contributed by atoms with Crippen molar-refractivity contribution >= 4 is 28.4 Å². The smallest absolute Gasteiger partial charge is 0.240 e. The summed E-state index contributed by atoms with van der Waals surface area (Å²) >= 11 is 5.92.